The third-order valence-corrected chi connectivity index (χ3v) is 5.64. The van der Waals surface area contributed by atoms with Gasteiger partial charge in [-0.05, 0) is 48.7 Å². The van der Waals surface area contributed by atoms with Crippen LogP contribution in [0.25, 0.3) is 22.0 Å². The predicted molar refractivity (Wildman–Crippen MR) is 116 cm³/mol. The van der Waals surface area contributed by atoms with Crippen molar-refractivity contribution in [1.82, 2.24) is 9.88 Å². The van der Waals surface area contributed by atoms with Crippen molar-refractivity contribution in [2.75, 3.05) is 13.1 Å². The summed E-state index contributed by atoms with van der Waals surface area (Å²) in [5, 5.41) is 1.16. The Hall–Kier alpha value is -2.92. The molecule has 29 heavy (non-hydrogen) atoms. The average molecular weight is 389 g/mol. The highest BCUT2D eigenvalue weighted by Gasteiger charge is 2.25. The minimum Gasteiger partial charge on any atom is -0.490 e. The van der Waals surface area contributed by atoms with E-state index in [-0.39, 0.29) is 12.0 Å². The lowest BCUT2D eigenvalue weighted by atomic mass is 9.98. The maximum Gasteiger partial charge on any atom is 0.239 e. The van der Waals surface area contributed by atoms with Crippen LogP contribution in [0.1, 0.15) is 25.3 Å². The Morgan fingerprint density at radius 3 is 2.55 bits per heavy atom. The first-order valence-electron chi connectivity index (χ1n) is 10.2. The Kier molecular flexibility index (Phi) is 5.49. The van der Waals surface area contributed by atoms with E-state index in [0.29, 0.717) is 13.1 Å². The quantitative estimate of drug-likeness (QED) is 0.734. The number of carbonyl (C=O) groups excluding carboxylic acids is 1. The smallest absolute Gasteiger partial charge is 0.239 e. The second kappa shape index (κ2) is 8.21. The molecule has 1 aromatic heterocycles. The lowest BCUT2D eigenvalue weighted by Crippen LogP contribution is -2.47. The highest BCUT2D eigenvalue weighted by atomic mass is 16.5. The molecule has 3 aromatic rings. The number of benzene rings is 2. The fourth-order valence-corrected chi connectivity index (χ4v) is 3.99. The van der Waals surface area contributed by atoms with Gasteiger partial charge in [-0.25, -0.2) is 0 Å². The fourth-order valence-electron chi connectivity index (χ4n) is 3.99. The summed E-state index contributed by atoms with van der Waals surface area (Å²) in [4.78, 5) is 18.4. The van der Waals surface area contributed by atoms with Crippen molar-refractivity contribution in [3.63, 3.8) is 0 Å². The Morgan fingerprint density at radius 1 is 1.14 bits per heavy atom. The highest BCUT2D eigenvalue weighted by molar-refractivity contribution is 5.88. The van der Waals surface area contributed by atoms with E-state index in [2.05, 4.69) is 42.2 Å². The maximum absolute atomic E-state index is 12.0. The van der Waals surface area contributed by atoms with Gasteiger partial charge in [0.2, 0.25) is 5.91 Å². The van der Waals surface area contributed by atoms with Crippen LogP contribution in [0.3, 0.4) is 0 Å². The minimum absolute atomic E-state index is 0.0213. The van der Waals surface area contributed by atoms with Crippen molar-refractivity contribution in [3.8, 4) is 16.9 Å². The number of hydrogen-bond donors (Lipinski definition) is 1. The van der Waals surface area contributed by atoms with Crippen LogP contribution < -0.4 is 10.5 Å². The Labute approximate surface area is 171 Å². The first-order valence-corrected chi connectivity index (χ1v) is 10.2. The van der Waals surface area contributed by atoms with E-state index in [9.17, 15) is 4.79 Å². The first-order chi connectivity index (χ1) is 14.0. The SMILES string of the molecule is Cc1c(-c2ccc(OC3CCN(C(=O)[C@@H](C)N)CC3)cc2)ccc2cccnc12. The van der Waals surface area contributed by atoms with E-state index in [0.717, 1.165) is 35.1 Å². The van der Waals surface area contributed by atoms with Gasteiger partial charge in [-0.15, -0.1) is 0 Å². The van der Waals surface area contributed by atoms with Crippen molar-refractivity contribution in [2.24, 2.45) is 5.73 Å². The summed E-state index contributed by atoms with van der Waals surface area (Å²) in [7, 11) is 0. The molecular weight excluding hydrogens is 362 g/mol. The Morgan fingerprint density at radius 2 is 1.86 bits per heavy atom. The zero-order valence-electron chi connectivity index (χ0n) is 17.0. The van der Waals surface area contributed by atoms with Crippen molar-refractivity contribution < 1.29 is 9.53 Å². The summed E-state index contributed by atoms with van der Waals surface area (Å²) in [5.74, 6) is 0.885. The van der Waals surface area contributed by atoms with Gasteiger partial charge in [0.25, 0.3) is 0 Å². The van der Waals surface area contributed by atoms with Gasteiger partial charge in [-0.3, -0.25) is 9.78 Å². The largest absolute Gasteiger partial charge is 0.490 e. The van der Waals surface area contributed by atoms with Crippen molar-refractivity contribution in [3.05, 3.63) is 60.3 Å². The Bertz CT molecular complexity index is 1010. The number of carbonyl (C=O) groups is 1. The number of aromatic nitrogens is 1. The lowest BCUT2D eigenvalue weighted by molar-refractivity contribution is -0.133. The van der Waals surface area contributed by atoms with E-state index in [1.54, 1.807) is 6.92 Å². The third kappa shape index (κ3) is 4.10. The Balaban J connectivity index is 1.43. The molecule has 0 radical (unpaired) electrons. The molecule has 2 aromatic carbocycles. The number of fused-ring (bicyclic) bond motifs is 1. The normalized spacial score (nSPS) is 16.0. The number of nitrogens with two attached hydrogens (primary N) is 1. The molecule has 0 unspecified atom stereocenters. The molecule has 0 saturated carbocycles. The number of piperidine rings is 1. The molecule has 1 fully saturated rings. The zero-order chi connectivity index (χ0) is 20.4. The van der Waals surface area contributed by atoms with Gasteiger partial charge in [0.1, 0.15) is 11.9 Å². The topological polar surface area (TPSA) is 68.5 Å². The third-order valence-electron chi connectivity index (χ3n) is 5.64. The van der Waals surface area contributed by atoms with E-state index in [1.165, 1.54) is 11.1 Å². The summed E-state index contributed by atoms with van der Waals surface area (Å²) in [5.41, 5.74) is 10.3. The zero-order valence-corrected chi connectivity index (χ0v) is 17.0. The van der Waals surface area contributed by atoms with Crippen molar-refractivity contribution in [2.45, 2.75) is 38.8 Å². The molecule has 2 heterocycles. The average Bonchev–Trinajstić information content (AvgIpc) is 2.75. The lowest BCUT2D eigenvalue weighted by Gasteiger charge is -2.33. The number of amides is 1. The number of aryl methyl sites for hydroxylation is 1. The van der Waals surface area contributed by atoms with Gasteiger partial charge in [-0.2, -0.15) is 0 Å². The van der Waals surface area contributed by atoms with Gasteiger partial charge >= 0.3 is 0 Å². The van der Waals surface area contributed by atoms with Crippen LogP contribution >= 0.6 is 0 Å². The number of nitrogens with zero attached hydrogens (tertiary/aromatic N) is 2. The van der Waals surface area contributed by atoms with Crippen molar-refractivity contribution >= 4 is 16.8 Å². The molecule has 1 aliphatic rings. The first kappa shape index (κ1) is 19.4. The van der Waals surface area contributed by atoms with E-state index in [4.69, 9.17) is 10.5 Å². The molecule has 0 aliphatic carbocycles. The van der Waals surface area contributed by atoms with Gasteiger partial charge in [0, 0.05) is 37.5 Å². The predicted octanol–water partition coefficient (Wildman–Crippen LogP) is 3.93. The second-order valence-electron chi connectivity index (χ2n) is 7.77. The summed E-state index contributed by atoms with van der Waals surface area (Å²) >= 11 is 0. The number of rotatable bonds is 4. The second-order valence-corrected chi connectivity index (χ2v) is 7.77. The number of hydrogen-bond acceptors (Lipinski definition) is 4. The van der Waals surface area contributed by atoms with Crippen LogP contribution in [0, 0.1) is 6.92 Å². The molecule has 5 heteroatoms. The van der Waals surface area contributed by atoms with Crippen LogP contribution in [-0.2, 0) is 4.79 Å². The monoisotopic (exact) mass is 389 g/mol. The molecule has 1 saturated heterocycles. The molecule has 0 spiro atoms. The molecule has 4 rings (SSSR count). The summed E-state index contributed by atoms with van der Waals surface area (Å²) in [6, 6.07) is 16.1. The van der Waals surface area contributed by atoms with Gasteiger partial charge in [-0.1, -0.05) is 30.3 Å². The van der Waals surface area contributed by atoms with Crippen LogP contribution in [0.15, 0.2) is 54.7 Å². The fraction of sp³-hybridized carbons (Fsp3) is 0.333. The van der Waals surface area contributed by atoms with Gasteiger partial charge in [0.05, 0.1) is 11.6 Å². The van der Waals surface area contributed by atoms with E-state index >= 15 is 0 Å². The highest BCUT2D eigenvalue weighted by Crippen LogP contribution is 2.30. The molecule has 5 nitrogen and oxygen atoms in total. The van der Waals surface area contributed by atoms with Crippen LogP contribution in [0.5, 0.6) is 5.75 Å². The van der Waals surface area contributed by atoms with Crippen LogP contribution in [0.2, 0.25) is 0 Å². The molecule has 0 bridgehead atoms. The number of likely N-dealkylation sites (tertiary alicyclic amines) is 1. The van der Waals surface area contributed by atoms with Crippen LogP contribution in [0.4, 0.5) is 0 Å². The summed E-state index contributed by atoms with van der Waals surface area (Å²) in [6.45, 7) is 5.25. The van der Waals surface area contributed by atoms with E-state index in [1.807, 2.05) is 29.3 Å². The number of pyridine rings is 1. The van der Waals surface area contributed by atoms with Crippen LogP contribution in [-0.4, -0.2) is 41.0 Å². The molecule has 1 aliphatic heterocycles. The minimum atomic E-state index is -0.436. The molecule has 150 valence electrons. The van der Waals surface area contributed by atoms with Gasteiger partial charge < -0.3 is 15.4 Å². The summed E-state index contributed by atoms with van der Waals surface area (Å²) < 4.78 is 6.15. The number of ether oxygens (including phenoxy) is 1. The van der Waals surface area contributed by atoms with Gasteiger partial charge in [0.15, 0.2) is 0 Å². The van der Waals surface area contributed by atoms with E-state index < -0.39 is 6.04 Å². The molecule has 2 N–H and O–H groups in total. The molecular formula is C24H27N3O2. The van der Waals surface area contributed by atoms with Crippen molar-refractivity contribution in [1.29, 1.82) is 0 Å². The molecule has 1 atom stereocenters. The summed E-state index contributed by atoms with van der Waals surface area (Å²) in [6.07, 6.45) is 3.62. The molecule has 1 amide bonds. The maximum atomic E-state index is 12.0. The standard InChI is InChI=1S/C24H27N3O2/c1-16-22(10-7-19-4-3-13-26-23(16)19)18-5-8-20(9-6-18)29-21-11-14-27(15-12-21)24(28)17(2)25/h3-10,13,17,21H,11-12,14-15,25H2,1-2H3/t17-/m1/s1.